The predicted molar refractivity (Wildman–Crippen MR) is 77.9 cm³/mol. The molecule has 1 aliphatic heterocycles. The zero-order chi connectivity index (χ0) is 15.9. The highest BCUT2D eigenvalue weighted by atomic mass is 16.6. The molecule has 6 heteroatoms. The van der Waals surface area contributed by atoms with Crippen LogP contribution in [-0.4, -0.2) is 44.0 Å². The first-order chi connectivity index (χ1) is 9.84. The Labute approximate surface area is 125 Å². The lowest BCUT2D eigenvalue weighted by Crippen LogP contribution is -2.41. The topological polar surface area (TPSA) is 73.9 Å². The molecule has 0 aromatic rings. The van der Waals surface area contributed by atoms with Crippen molar-refractivity contribution in [2.24, 2.45) is 5.92 Å². The number of carbonyl (C=O) groups excluding carboxylic acids is 2. The quantitative estimate of drug-likeness (QED) is 0.442. The number of nitrogens with one attached hydrogen (secondary N) is 1. The van der Waals surface area contributed by atoms with Crippen LogP contribution in [0.3, 0.4) is 0 Å². The van der Waals surface area contributed by atoms with Gasteiger partial charge >= 0.3 is 12.1 Å². The van der Waals surface area contributed by atoms with Gasteiger partial charge in [-0.05, 0) is 19.3 Å². The van der Waals surface area contributed by atoms with Gasteiger partial charge in [0.1, 0.15) is 12.2 Å². The minimum Gasteiger partial charge on any atom is -0.460 e. The van der Waals surface area contributed by atoms with Crippen molar-refractivity contribution in [3.05, 3.63) is 12.2 Å². The summed E-state index contributed by atoms with van der Waals surface area (Å²) in [7, 11) is 0. The van der Waals surface area contributed by atoms with Crippen LogP contribution in [0.1, 0.15) is 33.6 Å². The SMILES string of the molecule is C=C(C)C(=O)OCCNC(=O)OC1(CC(C)C)CCOC1. The zero-order valence-corrected chi connectivity index (χ0v) is 13.1. The average Bonchev–Trinajstić information content (AvgIpc) is 2.81. The molecule has 1 saturated heterocycles. The standard InChI is InChI=1S/C15H25NO5/c1-11(2)9-15(5-7-19-10-15)21-14(18)16-6-8-20-13(17)12(3)4/h11H,3,5-10H2,1-2,4H3,(H,16,18). The van der Waals surface area contributed by atoms with E-state index in [0.717, 1.165) is 6.42 Å². The van der Waals surface area contributed by atoms with Crippen LogP contribution in [-0.2, 0) is 19.0 Å². The van der Waals surface area contributed by atoms with E-state index in [0.29, 0.717) is 31.1 Å². The first-order valence-corrected chi connectivity index (χ1v) is 7.22. The second kappa shape index (κ2) is 8.02. The molecule has 6 nitrogen and oxygen atoms in total. The van der Waals surface area contributed by atoms with E-state index in [1.54, 1.807) is 6.92 Å². The number of rotatable bonds is 7. The fourth-order valence-corrected chi connectivity index (χ4v) is 2.27. The van der Waals surface area contributed by atoms with E-state index in [1.165, 1.54) is 0 Å². The van der Waals surface area contributed by atoms with Crippen LogP contribution < -0.4 is 5.32 Å². The van der Waals surface area contributed by atoms with E-state index in [1.807, 2.05) is 0 Å². The molecule has 1 unspecified atom stereocenters. The Morgan fingerprint density at radius 3 is 2.67 bits per heavy atom. The molecule has 1 rings (SSSR count). The highest BCUT2D eigenvalue weighted by Gasteiger charge is 2.39. The minimum absolute atomic E-state index is 0.0917. The molecule has 0 aromatic carbocycles. The molecule has 1 N–H and O–H groups in total. The fourth-order valence-electron chi connectivity index (χ4n) is 2.27. The number of alkyl carbamates (subject to hydrolysis) is 1. The Morgan fingerprint density at radius 2 is 2.14 bits per heavy atom. The third kappa shape index (κ3) is 6.16. The van der Waals surface area contributed by atoms with Crippen LogP contribution in [0.4, 0.5) is 4.79 Å². The van der Waals surface area contributed by atoms with Crippen molar-refractivity contribution in [3.63, 3.8) is 0 Å². The van der Waals surface area contributed by atoms with Gasteiger partial charge in [0.2, 0.25) is 0 Å². The molecule has 0 radical (unpaired) electrons. The van der Waals surface area contributed by atoms with Gasteiger partial charge < -0.3 is 19.5 Å². The van der Waals surface area contributed by atoms with Crippen LogP contribution in [0.2, 0.25) is 0 Å². The summed E-state index contributed by atoms with van der Waals surface area (Å²) in [5.74, 6) is -0.0540. The predicted octanol–water partition coefficient (Wildman–Crippen LogP) is 2.04. The molecule has 0 aliphatic carbocycles. The van der Waals surface area contributed by atoms with Gasteiger partial charge in [0.05, 0.1) is 19.8 Å². The Hall–Kier alpha value is -1.56. The molecule has 0 saturated carbocycles. The molecule has 1 amide bonds. The van der Waals surface area contributed by atoms with Gasteiger partial charge in [-0.15, -0.1) is 0 Å². The minimum atomic E-state index is -0.535. The van der Waals surface area contributed by atoms with Gasteiger partial charge in [-0.2, -0.15) is 0 Å². The van der Waals surface area contributed by atoms with E-state index in [2.05, 4.69) is 25.7 Å². The molecule has 1 atom stereocenters. The largest absolute Gasteiger partial charge is 0.460 e. The molecule has 0 bridgehead atoms. The summed E-state index contributed by atoms with van der Waals surface area (Å²) in [5, 5.41) is 2.58. The van der Waals surface area contributed by atoms with Crippen LogP contribution in [0.15, 0.2) is 12.2 Å². The molecule has 21 heavy (non-hydrogen) atoms. The second-order valence-electron chi connectivity index (χ2n) is 5.82. The van der Waals surface area contributed by atoms with Gasteiger partial charge in [-0.1, -0.05) is 20.4 Å². The number of hydrogen-bond acceptors (Lipinski definition) is 5. The smallest absolute Gasteiger partial charge is 0.407 e. The summed E-state index contributed by atoms with van der Waals surface area (Å²) in [4.78, 5) is 23.0. The fraction of sp³-hybridized carbons (Fsp3) is 0.733. The maximum atomic E-state index is 11.8. The molecule has 1 fully saturated rings. The van der Waals surface area contributed by atoms with E-state index >= 15 is 0 Å². The lowest BCUT2D eigenvalue weighted by Gasteiger charge is -2.29. The van der Waals surface area contributed by atoms with E-state index in [-0.39, 0.29) is 13.2 Å². The van der Waals surface area contributed by atoms with Gasteiger partial charge in [-0.25, -0.2) is 9.59 Å². The van der Waals surface area contributed by atoms with Crippen LogP contribution in [0, 0.1) is 5.92 Å². The molecule has 0 aromatic heterocycles. The maximum absolute atomic E-state index is 11.8. The highest BCUT2D eigenvalue weighted by Crippen LogP contribution is 2.30. The Balaban J connectivity index is 2.31. The van der Waals surface area contributed by atoms with Gasteiger partial charge in [0, 0.05) is 12.0 Å². The highest BCUT2D eigenvalue weighted by molar-refractivity contribution is 5.86. The first kappa shape index (κ1) is 17.5. The number of carbonyl (C=O) groups is 2. The van der Waals surface area contributed by atoms with E-state index in [4.69, 9.17) is 14.2 Å². The second-order valence-corrected chi connectivity index (χ2v) is 5.82. The summed E-state index contributed by atoms with van der Waals surface area (Å²) in [6, 6.07) is 0. The third-order valence-electron chi connectivity index (χ3n) is 3.11. The third-order valence-corrected chi connectivity index (χ3v) is 3.11. The Kier molecular flexibility index (Phi) is 6.68. The van der Waals surface area contributed by atoms with Crippen LogP contribution >= 0.6 is 0 Å². The van der Waals surface area contributed by atoms with Gasteiger partial charge in [0.15, 0.2) is 0 Å². The number of amides is 1. The average molecular weight is 299 g/mol. The van der Waals surface area contributed by atoms with Crippen molar-refractivity contribution in [3.8, 4) is 0 Å². The molecule has 120 valence electrons. The van der Waals surface area contributed by atoms with Crippen LogP contribution in [0.5, 0.6) is 0 Å². The number of esters is 1. The summed E-state index contributed by atoms with van der Waals surface area (Å²) in [5.41, 5.74) is -0.205. The Bertz CT molecular complexity index is 386. The maximum Gasteiger partial charge on any atom is 0.407 e. The lowest BCUT2D eigenvalue weighted by molar-refractivity contribution is -0.138. The van der Waals surface area contributed by atoms with Gasteiger partial charge in [0.25, 0.3) is 0 Å². The Morgan fingerprint density at radius 1 is 1.43 bits per heavy atom. The van der Waals surface area contributed by atoms with Gasteiger partial charge in [-0.3, -0.25) is 0 Å². The lowest BCUT2D eigenvalue weighted by atomic mass is 9.91. The molecule has 1 heterocycles. The normalized spacial score (nSPS) is 21.1. The summed E-state index contributed by atoms with van der Waals surface area (Å²) in [6.07, 6.45) is 0.974. The zero-order valence-electron chi connectivity index (χ0n) is 13.1. The molecular formula is C15H25NO5. The van der Waals surface area contributed by atoms with Crippen molar-refractivity contribution in [2.45, 2.75) is 39.2 Å². The summed E-state index contributed by atoms with van der Waals surface area (Å²) in [6.45, 7) is 10.5. The van der Waals surface area contributed by atoms with Crippen molar-refractivity contribution < 1.29 is 23.8 Å². The first-order valence-electron chi connectivity index (χ1n) is 7.22. The van der Waals surface area contributed by atoms with E-state index < -0.39 is 17.7 Å². The number of ether oxygens (including phenoxy) is 3. The summed E-state index contributed by atoms with van der Waals surface area (Å²) >= 11 is 0. The molecule has 0 spiro atoms. The van der Waals surface area contributed by atoms with Crippen molar-refractivity contribution in [2.75, 3.05) is 26.4 Å². The van der Waals surface area contributed by atoms with Crippen molar-refractivity contribution >= 4 is 12.1 Å². The van der Waals surface area contributed by atoms with Crippen molar-refractivity contribution in [1.29, 1.82) is 0 Å². The van der Waals surface area contributed by atoms with Crippen molar-refractivity contribution in [1.82, 2.24) is 5.32 Å². The molecular weight excluding hydrogens is 274 g/mol. The van der Waals surface area contributed by atoms with E-state index in [9.17, 15) is 9.59 Å². The summed E-state index contributed by atoms with van der Waals surface area (Å²) < 4.78 is 15.8. The molecule has 1 aliphatic rings. The van der Waals surface area contributed by atoms with Crippen LogP contribution in [0.25, 0.3) is 0 Å². The number of hydrogen-bond donors (Lipinski definition) is 1. The monoisotopic (exact) mass is 299 g/mol.